The summed E-state index contributed by atoms with van der Waals surface area (Å²) in [5.74, 6) is 1.24. The molecule has 11 heavy (non-hydrogen) atoms. The first-order valence-corrected chi connectivity index (χ1v) is 4.53. The molecule has 0 saturated carbocycles. The van der Waals surface area contributed by atoms with Crippen LogP contribution in [-0.4, -0.2) is 11.7 Å². The summed E-state index contributed by atoms with van der Waals surface area (Å²) in [6, 6.07) is 0. The number of allylic oxidation sites excluding steroid dienone is 2. The van der Waals surface area contributed by atoms with Crippen LogP contribution < -0.4 is 0 Å². The molecule has 1 aliphatic rings. The van der Waals surface area contributed by atoms with Crippen molar-refractivity contribution >= 4 is 0 Å². The average molecular weight is 154 g/mol. The van der Waals surface area contributed by atoms with Crippen molar-refractivity contribution in [3.8, 4) is 0 Å². The highest BCUT2D eigenvalue weighted by Gasteiger charge is 2.14. The first kappa shape index (κ1) is 8.79. The lowest BCUT2D eigenvalue weighted by molar-refractivity contribution is 0.214. The maximum Gasteiger partial charge on any atom is 0.0462 e. The van der Waals surface area contributed by atoms with Crippen molar-refractivity contribution < 1.29 is 5.11 Å². The highest BCUT2D eigenvalue weighted by molar-refractivity contribution is 5.08. The zero-order chi connectivity index (χ0) is 8.27. The van der Waals surface area contributed by atoms with Crippen LogP contribution in [0.3, 0.4) is 0 Å². The SMILES string of the molecule is CC(C)C1=CC[C@H](CO)CC1. The average Bonchev–Trinajstić information content (AvgIpc) is 2.05. The fourth-order valence-corrected chi connectivity index (χ4v) is 1.60. The molecule has 0 unspecified atom stereocenters. The van der Waals surface area contributed by atoms with Gasteiger partial charge in [-0.15, -0.1) is 0 Å². The molecule has 0 aromatic carbocycles. The number of aliphatic hydroxyl groups is 1. The van der Waals surface area contributed by atoms with Crippen LogP contribution in [0.4, 0.5) is 0 Å². The molecule has 1 nitrogen and oxygen atoms in total. The highest BCUT2D eigenvalue weighted by Crippen LogP contribution is 2.27. The van der Waals surface area contributed by atoms with Gasteiger partial charge in [0.05, 0.1) is 0 Å². The van der Waals surface area contributed by atoms with E-state index in [-0.39, 0.29) is 0 Å². The number of hydrogen-bond donors (Lipinski definition) is 1. The van der Waals surface area contributed by atoms with Crippen LogP contribution in [0, 0.1) is 11.8 Å². The third kappa shape index (κ3) is 2.33. The van der Waals surface area contributed by atoms with Crippen molar-refractivity contribution in [2.24, 2.45) is 11.8 Å². The van der Waals surface area contributed by atoms with Crippen LogP contribution in [0.5, 0.6) is 0 Å². The van der Waals surface area contributed by atoms with Gasteiger partial charge in [0.2, 0.25) is 0 Å². The van der Waals surface area contributed by atoms with Crippen molar-refractivity contribution in [2.45, 2.75) is 33.1 Å². The van der Waals surface area contributed by atoms with Crippen molar-refractivity contribution in [1.82, 2.24) is 0 Å². The summed E-state index contributed by atoms with van der Waals surface area (Å²) < 4.78 is 0. The smallest absolute Gasteiger partial charge is 0.0462 e. The molecule has 0 radical (unpaired) electrons. The number of rotatable bonds is 2. The van der Waals surface area contributed by atoms with Gasteiger partial charge in [0.1, 0.15) is 0 Å². The summed E-state index contributed by atoms with van der Waals surface area (Å²) in [6.45, 7) is 4.85. The van der Waals surface area contributed by atoms with Gasteiger partial charge in [-0.1, -0.05) is 25.5 Å². The Kier molecular flexibility index (Phi) is 3.13. The monoisotopic (exact) mass is 154 g/mol. The van der Waals surface area contributed by atoms with Gasteiger partial charge in [-0.25, -0.2) is 0 Å². The van der Waals surface area contributed by atoms with Gasteiger partial charge in [0.25, 0.3) is 0 Å². The highest BCUT2D eigenvalue weighted by atomic mass is 16.3. The zero-order valence-corrected chi connectivity index (χ0v) is 7.51. The molecule has 1 atom stereocenters. The fourth-order valence-electron chi connectivity index (χ4n) is 1.60. The van der Waals surface area contributed by atoms with E-state index in [4.69, 9.17) is 5.11 Å². The Hall–Kier alpha value is -0.300. The van der Waals surface area contributed by atoms with E-state index < -0.39 is 0 Å². The van der Waals surface area contributed by atoms with Gasteiger partial charge in [0.15, 0.2) is 0 Å². The Morgan fingerprint density at radius 2 is 2.36 bits per heavy atom. The summed E-state index contributed by atoms with van der Waals surface area (Å²) in [5, 5.41) is 8.89. The van der Waals surface area contributed by atoms with Gasteiger partial charge in [-0.2, -0.15) is 0 Å². The molecule has 0 amide bonds. The van der Waals surface area contributed by atoms with Gasteiger partial charge in [-0.3, -0.25) is 0 Å². The Morgan fingerprint density at radius 1 is 1.64 bits per heavy atom. The standard InChI is InChI=1S/C10H18O/c1-8(2)10-5-3-9(7-11)4-6-10/h5,8-9,11H,3-4,6-7H2,1-2H3/t9-/m0/s1. The largest absolute Gasteiger partial charge is 0.396 e. The van der Waals surface area contributed by atoms with Crippen molar-refractivity contribution in [1.29, 1.82) is 0 Å². The molecule has 0 fully saturated rings. The predicted molar refractivity (Wildman–Crippen MR) is 47.3 cm³/mol. The normalized spacial score (nSPS) is 25.5. The molecule has 1 N–H and O–H groups in total. The van der Waals surface area contributed by atoms with Gasteiger partial charge in [0, 0.05) is 6.61 Å². The fraction of sp³-hybridized carbons (Fsp3) is 0.800. The molecule has 0 bridgehead atoms. The first-order chi connectivity index (χ1) is 5.24. The minimum absolute atomic E-state index is 0.363. The molecule has 0 aromatic rings. The van der Waals surface area contributed by atoms with Gasteiger partial charge >= 0.3 is 0 Å². The van der Waals surface area contributed by atoms with Crippen molar-refractivity contribution in [3.63, 3.8) is 0 Å². The molecule has 0 aliphatic heterocycles. The van der Waals surface area contributed by atoms with E-state index in [1.165, 1.54) is 12.8 Å². The van der Waals surface area contributed by atoms with E-state index in [0.29, 0.717) is 18.4 Å². The Bertz CT molecular complexity index is 147. The van der Waals surface area contributed by atoms with Crippen LogP contribution >= 0.6 is 0 Å². The Morgan fingerprint density at radius 3 is 2.73 bits per heavy atom. The molecule has 64 valence electrons. The molecule has 0 saturated heterocycles. The molecule has 1 rings (SSSR count). The topological polar surface area (TPSA) is 20.2 Å². The van der Waals surface area contributed by atoms with Crippen LogP contribution in [0.25, 0.3) is 0 Å². The molecular weight excluding hydrogens is 136 g/mol. The summed E-state index contributed by atoms with van der Waals surface area (Å²) in [5.41, 5.74) is 1.58. The van der Waals surface area contributed by atoms with E-state index in [9.17, 15) is 0 Å². The van der Waals surface area contributed by atoms with Gasteiger partial charge < -0.3 is 5.11 Å². The first-order valence-electron chi connectivity index (χ1n) is 4.53. The van der Waals surface area contributed by atoms with Crippen molar-refractivity contribution in [3.05, 3.63) is 11.6 Å². The lowest BCUT2D eigenvalue weighted by Gasteiger charge is -2.21. The Labute approximate surface area is 69.1 Å². The summed E-state index contributed by atoms with van der Waals surface area (Å²) in [4.78, 5) is 0. The third-order valence-electron chi connectivity index (χ3n) is 2.55. The van der Waals surface area contributed by atoms with Crippen LogP contribution in [0.1, 0.15) is 33.1 Å². The van der Waals surface area contributed by atoms with Crippen LogP contribution in [0.15, 0.2) is 11.6 Å². The molecule has 0 heterocycles. The van der Waals surface area contributed by atoms with Crippen LogP contribution in [-0.2, 0) is 0 Å². The second kappa shape index (κ2) is 3.91. The predicted octanol–water partition coefficient (Wildman–Crippen LogP) is 2.36. The number of aliphatic hydroxyl groups excluding tert-OH is 1. The molecular formula is C10H18O. The van der Waals surface area contributed by atoms with E-state index in [0.717, 1.165) is 6.42 Å². The van der Waals surface area contributed by atoms with E-state index in [1.807, 2.05) is 0 Å². The molecule has 0 aromatic heterocycles. The van der Waals surface area contributed by atoms with E-state index >= 15 is 0 Å². The zero-order valence-electron chi connectivity index (χ0n) is 7.51. The van der Waals surface area contributed by atoms with Crippen molar-refractivity contribution in [2.75, 3.05) is 6.61 Å². The Balaban J connectivity index is 2.44. The second-order valence-corrected chi connectivity index (χ2v) is 3.76. The molecule has 1 heteroatoms. The molecule has 0 spiro atoms. The van der Waals surface area contributed by atoms with Gasteiger partial charge in [-0.05, 0) is 31.1 Å². The summed E-state index contributed by atoms with van der Waals surface area (Å²) in [7, 11) is 0. The minimum Gasteiger partial charge on any atom is -0.396 e. The van der Waals surface area contributed by atoms with E-state index in [1.54, 1.807) is 5.57 Å². The lowest BCUT2D eigenvalue weighted by Crippen LogP contribution is -2.11. The summed E-state index contributed by atoms with van der Waals surface area (Å²) >= 11 is 0. The third-order valence-corrected chi connectivity index (χ3v) is 2.55. The second-order valence-electron chi connectivity index (χ2n) is 3.76. The van der Waals surface area contributed by atoms with E-state index in [2.05, 4.69) is 19.9 Å². The minimum atomic E-state index is 0.363. The quantitative estimate of drug-likeness (QED) is 0.605. The summed E-state index contributed by atoms with van der Waals surface area (Å²) in [6.07, 6.45) is 5.78. The number of hydrogen-bond acceptors (Lipinski definition) is 1. The maximum atomic E-state index is 8.89. The maximum absolute atomic E-state index is 8.89. The lowest BCUT2D eigenvalue weighted by atomic mass is 9.85. The molecule has 1 aliphatic carbocycles. The van der Waals surface area contributed by atoms with Crippen LogP contribution in [0.2, 0.25) is 0 Å².